The Labute approximate surface area is 116 Å². The third-order valence-corrected chi connectivity index (χ3v) is 3.06. The lowest BCUT2D eigenvalue weighted by molar-refractivity contribution is -0.383. The third-order valence-electron chi connectivity index (χ3n) is 3.06. The fourth-order valence-corrected chi connectivity index (χ4v) is 2.03. The predicted molar refractivity (Wildman–Crippen MR) is 77.6 cm³/mol. The Morgan fingerprint density at radius 3 is 2.85 bits per heavy atom. The van der Waals surface area contributed by atoms with E-state index in [-0.39, 0.29) is 17.4 Å². The van der Waals surface area contributed by atoms with E-state index in [1.807, 2.05) is 19.1 Å². The van der Waals surface area contributed by atoms with Crippen LogP contribution in [0.25, 0.3) is 0 Å². The molecule has 0 spiro atoms. The van der Waals surface area contributed by atoms with Crippen molar-refractivity contribution in [2.75, 3.05) is 11.1 Å². The molecule has 6 nitrogen and oxygen atoms in total. The molecule has 0 bridgehead atoms. The maximum atomic E-state index is 11.0. The number of nitrogen functional groups attached to an aromatic ring is 1. The van der Waals surface area contributed by atoms with E-state index < -0.39 is 4.92 Å². The summed E-state index contributed by atoms with van der Waals surface area (Å²) >= 11 is 0. The number of nitrogens with zero attached hydrogens (tertiary/aromatic N) is 1. The van der Waals surface area contributed by atoms with E-state index in [0.29, 0.717) is 5.69 Å². The molecule has 6 heteroatoms. The molecule has 0 saturated carbocycles. The van der Waals surface area contributed by atoms with Gasteiger partial charge in [-0.3, -0.25) is 10.1 Å². The van der Waals surface area contributed by atoms with Crippen LogP contribution in [0.1, 0.15) is 19.1 Å². The molecule has 3 N–H and O–H groups in total. The van der Waals surface area contributed by atoms with Crippen molar-refractivity contribution >= 4 is 17.1 Å². The number of nitrogens with two attached hydrogens (primary N) is 1. The van der Waals surface area contributed by atoms with E-state index in [2.05, 4.69) is 5.32 Å². The summed E-state index contributed by atoms with van der Waals surface area (Å²) in [5, 5.41) is 14.2. The van der Waals surface area contributed by atoms with Gasteiger partial charge in [0.1, 0.15) is 17.1 Å². The topological polar surface area (TPSA) is 94.3 Å². The summed E-state index contributed by atoms with van der Waals surface area (Å²) in [6.45, 7) is 1.97. The lowest BCUT2D eigenvalue weighted by atomic mass is 10.1. The van der Waals surface area contributed by atoms with Crippen molar-refractivity contribution in [3.63, 3.8) is 0 Å². The van der Waals surface area contributed by atoms with Crippen LogP contribution in [-0.2, 0) is 6.42 Å². The first-order valence-corrected chi connectivity index (χ1v) is 6.39. The Hall–Kier alpha value is -2.50. The summed E-state index contributed by atoms with van der Waals surface area (Å²) < 4.78 is 5.26. The zero-order valence-corrected chi connectivity index (χ0v) is 11.2. The van der Waals surface area contributed by atoms with E-state index in [1.165, 1.54) is 6.07 Å². The number of hydrogen-bond acceptors (Lipinski definition) is 5. The van der Waals surface area contributed by atoms with Gasteiger partial charge in [0.05, 0.1) is 11.2 Å². The van der Waals surface area contributed by atoms with Gasteiger partial charge in [-0.25, -0.2) is 0 Å². The van der Waals surface area contributed by atoms with Gasteiger partial charge in [0.15, 0.2) is 0 Å². The Bertz CT molecular complexity index is 581. The molecule has 2 rings (SSSR count). The number of para-hydroxylation sites is 1. The van der Waals surface area contributed by atoms with Crippen molar-refractivity contribution < 1.29 is 9.34 Å². The summed E-state index contributed by atoms with van der Waals surface area (Å²) in [4.78, 5) is 10.6. The quantitative estimate of drug-likeness (QED) is 0.479. The fraction of sp³-hybridized carbons (Fsp3) is 0.286. The van der Waals surface area contributed by atoms with E-state index in [0.717, 1.165) is 18.6 Å². The Kier molecular flexibility index (Phi) is 4.24. The Morgan fingerprint density at radius 2 is 2.20 bits per heavy atom. The third kappa shape index (κ3) is 3.28. The summed E-state index contributed by atoms with van der Waals surface area (Å²) in [5.41, 5.74) is 6.19. The maximum Gasteiger partial charge on any atom is 0.314 e. The molecule has 20 heavy (non-hydrogen) atoms. The van der Waals surface area contributed by atoms with Crippen LogP contribution in [0.15, 0.2) is 41.0 Å². The van der Waals surface area contributed by atoms with Gasteiger partial charge in [0.25, 0.3) is 0 Å². The van der Waals surface area contributed by atoms with E-state index in [1.54, 1.807) is 18.4 Å². The molecule has 0 aliphatic heterocycles. The highest BCUT2D eigenvalue weighted by molar-refractivity contribution is 5.74. The fourth-order valence-electron chi connectivity index (χ4n) is 2.03. The summed E-state index contributed by atoms with van der Waals surface area (Å²) in [6.07, 6.45) is 3.22. The molecule has 0 amide bonds. The van der Waals surface area contributed by atoms with E-state index in [4.69, 9.17) is 10.2 Å². The standard InChI is InChI=1S/C14H17N3O3/c1-10(7-8-11-4-3-9-20-11)16-13-6-2-5-12(15)14(13)17(18)19/h2-6,9-10,16H,7-8,15H2,1H3. The molecule has 106 valence electrons. The van der Waals surface area contributed by atoms with Gasteiger partial charge in [0, 0.05) is 12.5 Å². The molecule has 0 aliphatic carbocycles. The lowest BCUT2D eigenvalue weighted by Crippen LogP contribution is -2.17. The average molecular weight is 275 g/mol. The number of rotatable bonds is 6. The molecule has 1 aromatic heterocycles. The zero-order chi connectivity index (χ0) is 14.5. The molecule has 1 atom stereocenters. The Morgan fingerprint density at radius 1 is 1.40 bits per heavy atom. The van der Waals surface area contributed by atoms with Crippen molar-refractivity contribution in [1.82, 2.24) is 0 Å². The minimum absolute atomic E-state index is 0.0700. The number of anilines is 2. The largest absolute Gasteiger partial charge is 0.469 e. The van der Waals surface area contributed by atoms with Gasteiger partial charge in [-0.2, -0.15) is 0 Å². The number of benzene rings is 1. The predicted octanol–water partition coefficient (Wildman–Crippen LogP) is 3.20. The van der Waals surface area contributed by atoms with Crippen molar-refractivity contribution in [3.8, 4) is 0 Å². The van der Waals surface area contributed by atoms with Gasteiger partial charge < -0.3 is 15.5 Å². The van der Waals surface area contributed by atoms with Gasteiger partial charge in [0.2, 0.25) is 0 Å². The molecular weight excluding hydrogens is 258 g/mol. The molecule has 1 unspecified atom stereocenters. The first kappa shape index (κ1) is 13.9. The highest BCUT2D eigenvalue weighted by Crippen LogP contribution is 2.31. The Balaban J connectivity index is 2.02. The summed E-state index contributed by atoms with van der Waals surface area (Å²) in [7, 11) is 0. The first-order valence-electron chi connectivity index (χ1n) is 6.39. The van der Waals surface area contributed by atoms with Crippen LogP contribution in [0.3, 0.4) is 0 Å². The second-order valence-corrected chi connectivity index (χ2v) is 4.66. The average Bonchev–Trinajstić information content (AvgIpc) is 2.89. The van der Waals surface area contributed by atoms with Crippen LogP contribution in [0.5, 0.6) is 0 Å². The molecule has 2 aromatic rings. The second-order valence-electron chi connectivity index (χ2n) is 4.66. The van der Waals surface area contributed by atoms with Crippen LogP contribution in [0.2, 0.25) is 0 Å². The smallest absolute Gasteiger partial charge is 0.314 e. The molecule has 0 fully saturated rings. The summed E-state index contributed by atoms with van der Waals surface area (Å²) in [6, 6.07) is 8.71. The second kappa shape index (κ2) is 6.10. The SMILES string of the molecule is CC(CCc1ccco1)Nc1cccc(N)c1[N+](=O)[O-]. The maximum absolute atomic E-state index is 11.0. The van der Waals surface area contributed by atoms with Gasteiger partial charge >= 0.3 is 5.69 Å². The van der Waals surface area contributed by atoms with Crippen molar-refractivity contribution in [3.05, 3.63) is 52.5 Å². The highest BCUT2D eigenvalue weighted by atomic mass is 16.6. The van der Waals surface area contributed by atoms with Crippen LogP contribution < -0.4 is 11.1 Å². The molecule has 1 aromatic carbocycles. The van der Waals surface area contributed by atoms with Gasteiger partial charge in [-0.1, -0.05) is 6.07 Å². The van der Waals surface area contributed by atoms with Gasteiger partial charge in [-0.05, 0) is 37.6 Å². The number of hydrogen-bond donors (Lipinski definition) is 2. The zero-order valence-electron chi connectivity index (χ0n) is 11.2. The number of nitrogens with one attached hydrogen (secondary N) is 1. The van der Waals surface area contributed by atoms with Crippen molar-refractivity contribution in [2.45, 2.75) is 25.8 Å². The molecule has 0 saturated heterocycles. The number of nitro groups is 1. The highest BCUT2D eigenvalue weighted by Gasteiger charge is 2.18. The van der Waals surface area contributed by atoms with E-state index in [9.17, 15) is 10.1 Å². The lowest BCUT2D eigenvalue weighted by Gasteiger charge is -2.15. The van der Waals surface area contributed by atoms with Crippen LogP contribution >= 0.6 is 0 Å². The molecular formula is C14H17N3O3. The molecule has 0 aliphatic rings. The van der Waals surface area contributed by atoms with E-state index >= 15 is 0 Å². The summed E-state index contributed by atoms with van der Waals surface area (Å²) in [5.74, 6) is 0.903. The van der Waals surface area contributed by atoms with Crippen molar-refractivity contribution in [2.24, 2.45) is 0 Å². The normalized spacial score (nSPS) is 12.1. The first-order chi connectivity index (χ1) is 9.58. The van der Waals surface area contributed by atoms with Gasteiger partial charge in [-0.15, -0.1) is 0 Å². The van der Waals surface area contributed by atoms with Crippen molar-refractivity contribution in [1.29, 1.82) is 0 Å². The van der Waals surface area contributed by atoms with Crippen LogP contribution in [0, 0.1) is 10.1 Å². The number of nitro benzene ring substituents is 1. The molecule has 0 radical (unpaired) electrons. The molecule has 1 heterocycles. The van der Waals surface area contributed by atoms with Crippen LogP contribution in [0.4, 0.5) is 17.1 Å². The minimum atomic E-state index is -0.461. The number of furan rings is 1. The van der Waals surface area contributed by atoms with Crippen LogP contribution in [-0.4, -0.2) is 11.0 Å². The number of aryl methyl sites for hydroxylation is 1. The minimum Gasteiger partial charge on any atom is -0.469 e. The monoisotopic (exact) mass is 275 g/mol.